The first-order valence-corrected chi connectivity index (χ1v) is 12.0. The summed E-state index contributed by atoms with van der Waals surface area (Å²) >= 11 is 0. The van der Waals surface area contributed by atoms with Crippen LogP contribution in [0.5, 0.6) is 0 Å². The number of furan rings is 1. The van der Waals surface area contributed by atoms with Gasteiger partial charge in [0.2, 0.25) is 21.8 Å². The van der Waals surface area contributed by atoms with Gasteiger partial charge in [-0.05, 0) is 57.9 Å². The van der Waals surface area contributed by atoms with Crippen LogP contribution in [-0.4, -0.2) is 43.3 Å². The molecule has 0 aliphatic heterocycles. The molecule has 8 nitrogen and oxygen atoms in total. The van der Waals surface area contributed by atoms with Crippen molar-refractivity contribution in [2.75, 3.05) is 6.54 Å². The Balaban J connectivity index is 2.27. The Bertz CT molecular complexity index is 1010. The van der Waals surface area contributed by atoms with Gasteiger partial charge in [-0.3, -0.25) is 9.59 Å². The fourth-order valence-corrected chi connectivity index (χ4v) is 4.19. The molecule has 9 heteroatoms. The van der Waals surface area contributed by atoms with E-state index in [2.05, 4.69) is 10.0 Å². The predicted octanol–water partition coefficient (Wildman–Crippen LogP) is 2.83. The molecule has 0 aliphatic carbocycles. The van der Waals surface area contributed by atoms with Crippen LogP contribution in [0.15, 0.2) is 52.0 Å². The number of rotatable bonds is 9. The van der Waals surface area contributed by atoms with Crippen LogP contribution in [0.4, 0.5) is 0 Å². The number of nitrogens with one attached hydrogen (secondary N) is 2. The highest BCUT2D eigenvalue weighted by atomic mass is 32.2. The van der Waals surface area contributed by atoms with Gasteiger partial charge in [0.25, 0.3) is 0 Å². The van der Waals surface area contributed by atoms with Gasteiger partial charge in [-0.15, -0.1) is 0 Å². The molecule has 0 fully saturated rings. The minimum Gasteiger partial charge on any atom is -0.467 e. The smallest absolute Gasteiger partial charge is 0.243 e. The van der Waals surface area contributed by atoms with Gasteiger partial charge in [0.05, 0.1) is 24.2 Å². The molecule has 1 heterocycles. The molecule has 32 heavy (non-hydrogen) atoms. The lowest BCUT2D eigenvalue weighted by molar-refractivity contribution is -0.143. The molecule has 0 bridgehead atoms. The van der Waals surface area contributed by atoms with Gasteiger partial charge in [0.1, 0.15) is 11.8 Å². The zero-order valence-electron chi connectivity index (χ0n) is 19.5. The summed E-state index contributed by atoms with van der Waals surface area (Å²) in [5.74, 6) is -0.562. The van der Waals surface area contributed by atoms with Crippen molar-refractivity contribution in [3.63, 3.8) is 0 Å². The lowest BCUT2D eigenvalue weighted by Crippen LogP contribution is -2.57. The second-order valence-corrected chi connectivity index (χ2v) is 10.9. The molecule has 0 saturated carbocycles. The normalized spacial score (nSPS) is 13.1. The zero-order chi connectivity index (χ0) is 24.1. The molecule has 0 unspecified atom stereocenters. The highest BCUT2D eigenvalue weighted by molar-refractivity contribution is 7.89. The maximum Gasteiger partial charge on any atom is 0.243 e. The number of aryl methyl sites for hydroxylation is 1. The van der Waals surface area contributed by atoms with Gasteiger partial charge in [-0.1, -0.05) is 31.5 Å². The minimum atomic E-state index is -3.88. The standard InChI is InChI=1S/C23H33N3O5S/c1-16(2)21(22(28)25-23(4,5)6)26(15-18-8-7-13-31-18)20(27)14-24-32(29,30)19-11-9-17(3)10-12-19/h7-13,16,21,24H,14-15H2,1-6H3,(H,25,28)/t21-/m1/s1. The molecule has 176 valence electrons. The topological polar surface area (TPSA) is 109 Å². The van der Waals surface area contributed by atoms with Gasteiger partial charge in [-0.2, -0.15) is 0 Å². The molecule has 0 spiro atoms. The average molecular weight is 464 g/mol. The van der Waals surface area contributed by atoms with E-state index in [0.717, 1.165) is 5.56 Å². The summed E-state index contributed by atoms with van der Waals surface area (Å²) in [6.07, 6.45) is 1.48. The monoisotopic (exact) mass is 463 g/mol. The van der Waals surface area contributed by atoms with Gasteiger partial charge in [-0.25, -0.2) is 13.1 Å². The molecule has 1 aromatic heterocycles. The Labute approximate surface area is 190 Å². The van der Waals surface area contributed by atoms with Crippen LogP contribution in [0.2, 0.25) is 0 Å². The molecular weight excluding hydrogens is 430 g/mol. The summed E-state index contributed by atoms with van der Waals surface area (Å²) in [6.45, 7) is 10.7. The van der Waals surface area contributed by atoms with E-state index in [-0.39, 0.29) is 23.3 Å². The first-order valence-electron chi connectivity index (χ1n) is 10.5. The van der Waals surface area contributed by atoms with E-state index in [0.29, 0.717) is 5.76 Å². The summed E-state index contributed by atoms with van der Waals surface area (Å²) in [5.41, 5.74) is 0.436. The molecule has 0 aliphatic rings. The van der Waals surface area contributed by atoms with Crippen molar-refractivity contribution in [3.8, 4) is 0 Å². The highest BCUT2D eigenvalue weighted by Gasteiger charge is 2.35. The van der Waals surface area contributed by atoms with Crippen molar-refractivity contribution < 1.29 is 22.4 Å². The highest BCUT2D eigenvalue weighted by Crippen LogP contribution is 2.18. The van der Waals surface area contributed by atoms with Crippen LogP contribution in [-0.2, 0) is 26.2 Å². The predicted molar refractivity (Wildman–Crippen MR) is 122 cm³/mol. The Morgan fingerprint density at radius 2 is 1.72 bits per heavy atom. The summed E-state index contributed by atoms with van der Waals surface area (Å²) in [4.78, 5) is 27.7. The fourth-order valence-electron chi connectivity index (χ4n) is 3.22. The van der Waals surface area contributed by atoms with Gasteiger partial charge in [0.15, 0.2) is 0 Å². The van der Waals surface area contributed by atoms with Crippen molar-refractivity contribution in [1.82, 2.24) is 14.9 Å². The quantitative estimate of drug-likeness (QED) is 0.594. The van der Waals surface area contributed by atoms with Crippen molar-refractivity contribution in [3.05, 3.63) is 54.0 Å². The molecular formula is C23H33N3O5S. The van der Waals surface area contributed by atoms with Crippen LogP contribution in [0.25, 0.3) is 0 Å². The molecule has 0 saturated heterocycles. The Morgan fingerprint density at radius 3 is 2.22 bits per heavy atom. The third-order valence-electron chi connectivity index (χ3n) is 4.71. The number of sulfonamides is 1. The third-order valence-corrected chi connectivity index (χ3v) is 6.12. The van der Waals surface area contributed by atoms with Crippen LogP contribution in [0.3, 0.4) is 0 Å². The van der Waals surface area contributed by atoms with E-state index in [1.165, 1.54) is 23.3 Å². The Hall–Kier alpha value is -2.65. The average Bonchev–Trinajstić information content (AvgIpc) is 3.17. The van der Waals surface area contributed by atoms with E-state index in [4.69, 9.17) is 4.42 Å². The van der Waals surface area contributed by atoms with E-state index in [1.54, 1.807) is 24.3 Å². The Morgan fingerprint density at radius 1 is 1.09 bits per heavy atom. The van der Waals surface area contributed by atoms with E-state index in [9.17, 15) is 18.0 Å². The molecule has 2 amide bonds. The molecule has 1 atom stereocenters. The van der Waals surface area contributed by atoms with Crippen molar-refractivity contribution in [2.24, 2.45) is 5.92 Å². The summed E-state index contributed by atoms with van der Waals surface area (Å²) in [6, 6.07) is 8.92. The third kappa shape index (κ3) is 7.20. The number of carbonyl (C=O) groups excluding carboxylic acids is 2. The van der Waals surface area contributed by atoms with Crippen LogP contribution in [0.1, 0.15) is 45.9 Å². The van der Waals surface area contributed by atoms with Crippen molar-refractivity contribution in [2.45, 2.75) is 64.6 Å². The number of hydrogen-bond acceptors (Lipinski definition) is 5. The summed E-state index contributed by atoms with van der Waals surface area (Å²) in [5, 5.41) is 2.92. The van der Waals surface area contributed by atoms with Gasteiger partial charge < -0.3 is 14.6 Å². The fraction of sp³-hybridized carbons (Fsp3) is 0.478. The molecule has 0 radical (unpaired) electrons. The maximum atomic E-state index is 13.2. The zero-order valence-corrected chi connectivity index (χ0v) is 20.3. The second-order valence-electron chi connectivity index (χ2n) is 9.17. The minimum absolute atomic E-state index is 0.0402. The summed E-state index contributed by atoms with van der Waals surface area (Å²) < 4.78 is 33.0. The van der Waals surface area contributed by atoms with E-state index in [1.807, 2.05) is 41.5 Å². The van der Waals surface area contributed by atoms with Crippen LogP contribution < -0.4 is 10.0 Å². The van der Waals surface area contributed by atoms with Crippen LogP contribution in [0, 0.1) is 12.8 Å². The largest absolute Gasteiger partial charge is 0.467 e. The molecule has 2 rings (SSSR count). The van der Waals surface area contributed by atoms with Crippen LogP contribution >= 0.6 is 0 Å². The second kappa shape index (κ2) is 10.3. The van der Waals surface area contributed by atoms with E-state index >= 15 is 0 Å². The molecule has 2 aromatic rings. The number of hydrogen-bond donors (Lipinski definition) is 2. The number of nitrogens with zero attached hydrogens (tertiary/aromatic N) is 1. The number of amides is 2. The number of carbonyl (C=O) groups is 2. The van der Waals surface area contributed by atoms with Crippen molar-refractivity contribution >= 4 is 21.8 Å². The van der Waals surface area contributed by atoms with Crippen molar-refractivity contribution in [1.29, 1.82) is 0 Å². The SMILES string of the molecule is Cc1ccc(S(=O)(=O)NCC(=O)N(Cc2ccco2)[C@@H](C(=O)NC(C)(C)C)C(C)C)cc1. The molecule has 2 N–H and O–H groups in total. The van der Waals surface area contributed by atoms with Gasteiger partial charge >= 0.3 is 0 Å². The van der Waals surface area contributed by atoms with E-state index < -0.39 is 34.1 Å². The first kappa shape index (κ1) is 25.6. The molecule has 1 aromatic carbocycles. The lowest BCUT2D eigenvalue weighted by atomic mass is 9.99. The summed E-state index contributed by atoms with van der Waals surface area (Å²) in [7, 11) is -3.88. The Kier molecular flexibility index (Phi) is 8.25. The lowest BCUT2D eigenvalue weighted by Gasteiger charge is -2.35. The van der Waals surface area contributed by atoms with Gasteiger partial charge in [0, 0.05) is 5.54 Å². The first-order chi connectivity index (χ1) is 14.8. The maximum absolute atomic E-state index is 13.2. The number of benzene rings is 1.